The number of nitrogens with one attached hydrogen (secondary N) is 1. The maximum Gasteiger partial charge on any atom is 0.323 e. The Balaban J connectivity index is 2.11. The number of nitrogens with zero attached hydrogens (tertiary/aromatic N) is 1. The van der Waals surface area contributed by atoms with Crippen LogP contribution in [0.4, 0.5) is 10.1 Å². The lowest BCUT2D eigenvalue weighted by molar-refractivity contribution is -0.137. The number of anilines is 1. The number of hydrogen-bond donors (Lipinski definition) is 2. The fourth-order valence-electron chi connectivity index (χ4n) is 2.39. The van der Waals surface area contributed by atoms with Crippen LogP contribution in [0.1, 0.15) is 43.5 Å². The van der Waals surface area contributed by atoms with Crippen LogP contribution in [0.15, 0.2) is 18.2 Å². The van der Waals surface area contributed by atoms with Gasteiger partial charge >= 0.3 is 5.97 Å². The van der Waals surface area contributed by atoms with Crippen molar-refractivity contribution < 1.29 is 23.9 Å². The minimum absolute atomic E-state index is 0.00778. The lowest BCUT2D eigenvalue weighted by Crippen LogP contribution is -2.37. The van der Waals surface area contributed by atoms with Gasteiger partial charge in [-0.15, -0.1) is 0 Å². The van der Waals surface area contributed by atoms with Crippen LogP contribution in [-0.2, 0) is 9.59 Å². The van der Waals surface area contributed by atoms with Gasteiger partial charge < -0.3 is 15.3 Å². The number of carboxylic acids is 1. The minimum Gasteiger partial charge on any atom is -0.480 e. The van der Waals surface area contributed by atoms with E-state index >= 15 is 0 Å². The Morgan fingerprint density at radius 3 is 2.50 bits per heavy atom. The maximum absolute atomic E-state index is 14.1. The number of hydrogen-bond acceptors (Lipinski definition) is 3. The molecule has 1 aromatic carbocycles. The van der Waals surface area contributed by atoms with E-state index in [1.807, 2.05) is 13.8 Å². The first-order valence-electron chi connectivity index (χ1n) is 7.90. The summed E-state index contributed by atoms with van der Waals surface area (Å²) in [5, 5.41) is 11.4. The predicted molar refractivity (Wildman–Crippen MR) is 86.2 cm³/mol. The van der Waals surface area contributed by atoms with E-state index in [1.54, 1.807) is 0 Å². The SMILES string of the molecule is CC(C)CC(=O)Nc1ccc(C(=O)N(CC(=O)O)C2CC2)cc1F. The van der Waals surface area contributed by atoms with E-state index in [1.165, 1.54) is 17.0 Å². The zero-order chi connectivity index (χ0) is 17.9. The lowest BCUT2D eigenvalue weighted by Gasteiger charge is -2.20. The molecule has 1 aromatic rings. The van der Waals surface area contributed by atoms with Gasteiger partial charge in [-0.3, -0.25) is 14.4 Å². The second kappa shape index (κ2) is 7.42. The van der Waals surface area contributed by atoms with E-state index in [2.05, 4.69) is 5.32 Å². The molecule has 0 saturated heterocycles. The number of halogens is 1. The standard InChI is InChI=1S/C17H21FN2O4/c1-10(2)7-15(21)19-14-6-3-11(8-13(14)18)17(24)20(9-16(22)23)12-4-5-12/h3,6,8,10,12H,4-5,7,9H2,1-2H3,(H,19,21)(H,22,23). The van der Waals surface area contributed by atoms with Crippen LogP contribution in [0.2, 0.25) is 0 Å². The number of carbonyl (C=O) groups is 3. The lowest BCUT2D eigenvalue weighted by atomic mass is 10.1. The Bertz CT molecular complexity index is 656. The molecule has 1 saturated carbocycles. The van der Waals surface area contributed by atoms with Crippen LogP contribution in [0.25, 0.3) is 0 Å². The van der Waals surface area contributed by atoms with Gasteiger partial charge in [0.05, 0.1) is 5.69 Å². The highest BCUT2D eigenvalue weighted by atomic mass is 19.1. The van der Waals surface area contributed by atoms with Crippen molar-refractivity contribution >= 4 is 23.5 Å². The highest BCUT2D eigenvalue weighted by Crippen LogP contribution is 2.28. The average Bonchev–Trinajstić information content (AvgIpc) is 3.29. The highest BCUT2D eigenvalue weighted by Gasteiger charge is 2.34. The molecule has 0 heterocycles. The Hall–Kier alpha value is -2.44. The molecular formula is C17H21FN2O4. The third-order valence-corrected chi connectivity index (χ3v) is 3.64. The summed E-state index contributed by atoms with van der Waals surface area (Å²) < 4.78 is 14.1. The summed E-state index contributed by atoms with van der Waals surface area (Å²) in [6.07, 6.45) is 1.78. The van der Waals surface area contributed by atoms with Crippen molar-refractivity contribution in [1.82, 2.24) is 4.90 Å². The summed E-state index contributed by atoms with van der Waals surface area (Å²) in [6, 6.07) is 3.66. The monoisotopic (exact) mass is 336 g/mol. The van der Waals surface area contributed by atoms with Crippen molar-refractivity contribution in [3.63, 3.8) is 0 Å². The zero-order valence-corrected chi connectivity index (χ0v) is 13.7. The zero-order valence-electron chi connectivity index (χ0n) is 13.7. The van der Waals surface area contributed by atoms with Crippen molar-refractivity contribution in [3.05, 3.63) is 29.6 Å². The molecule has 2 N–H and O–H groups in total. The molecule has 0 unspecified atom stereocenters. The molecule has 1 aliphatic carbocycles. The first-order valence-corrected chi connectivity index (χ1v) is 7.90. The summed E-state index contributed by atoms with van der Waals surface area (Å²) in [5.74, 6) is -2.48. The van der Waals surface area contributed by atoms with Crippen LogP contribution < -0.4 is 5.32 Å². The molecule has 0 bridgehead atoms. The van der Waals surface area contributed by atoms with Gasteiger partial charge in [0.25, 0.3) is 5.91 Å². The first-order chi connectivity index (χ1) is 11.3. The molecule has 7 heteroatoms. The van der Waals surface area contributed by atoms with Crippen LogP contribution in [-0.4, -0.2) is 40.4 Å². The van der Waals surface area contributed by atoms with Gasteiger partial charge in [0, 0.05) is 18.0 Å². The van der Waals surface area contributed by atoms with E-state index in [0.717, 1.165) is 18.9 Å². The van der Waals surface area contributed by atoms with Crippen LogP contribution in [0.3, 0.4) is 0 Å². The maximum atomic E-state index is 14.1. The molecule has 2 amide bonds. The molecule has 0 spiro atoms. The predicted octanol–water partition coefficient (Wildman–Crippen LogP) is 2.50. The van der Waals surface area contributed by atoms with Crippen LogP contribution in [0, 0.1) is 11.7 Å². The van der Waals surface area contributed by atoms with Crippen molar-refractivity contribution in [2.24, 2.45) is 5.92 Å². The Kier molecular flexibility index (Phi) is 5.54. The van der Waals surface area contributed by atoms with E-state index < -0.39 is 24.2 Å². The topological polar surface area (TPSA) is 86.7 Å². The Labute approximate surface area is 139 Å². The molecule has 0 atom stereocenters. The molecule has 2 rings (SSSR count). The van der Waals surface area contributed by atoms with E-state index in [4.69, 9.17) is 5.11 Å². The molecule has 130 valence electrons. The first kappa shape index (κ1) is 17.9. The molecule has 1 aliphatic rings. The molecule has 1 fully saturated rings. The number of carboxylic acid groups (broad SMARTS) is 1. The van der Waals surface area contributed by atoms with Crippen LogP contribution >= 0.6 is 0 Å². The van der Waals surface area contributed by atoms with Gasteiger partial charge in [0.15, 0.2) is 0 Å². The Morgan fingerprint density at radius 2 is 2.00 bits per heavy atom. The van der Waals surface area contributed by atoms with Crippen LogP contribution in [0.5, 0.6) is 0 Å². The van der Waals surface area contributed by atoms with E-state index in [9.17, 15) is 18.8 Å². The highest BCUT2D eigenvalue weighted by molar-refractivity contribution is 5.97. The average molecular weight is 336 g/mol. The summed E-state index contributed by atoms with van der Waals surface area (Å²) in [4.78, 5) is 36.2. The fraction of sp³-hybridized carbons (Fsp3) is 0.471. The van der Waals surface area contributed by atoms with Gasteiger partial charge in [0.1, 0.15) is 12.4 Å². The summed E-state index contributed by atoms with van der Waals surface area (Å²) in [7, 11) is 0. The van der Waals surface area contributed by atoms with Crippen molar-refractivity contribution in [2.45, 2.75) is 39.2 Å². The number of benzene rings is 1. The third kappa shape index (κ3) is 4.78. The van der Waals surface area contributed by atoms with Gasteiger partial charge in [-0.05, 0) is 37.0 Å². The number of amides is 2. The van der Waals surface area contributed by atoms with E-state index in [0.29, 0.717) is 0 Å². The minimum atomic E-state index is -1.10. The number of carbonyl (C=O) groups excluding carboxylic acids is 2. The van der Waals surface area contributed by atoms with Crippen molar-refractivity contribution in [2.75, 3.05) is 11.9 Å². The molecule has 0 aliphatic heterocycles. The van der Waals surface area contributed by atoms with Gasteiger partial charge in [-0.25, -0.2) is 4.39 Å². The summed E-state index contributed by atoms with van der Waals surface area (Å²) >= 11 is 0. The van der Waals surface area contributed by atoms with Crippen molar-refractivity contribution in [1.29, 1.82) is 0 Å². The summed E-state index contributed by atoms with van der Waals surface area (Å²) in [6.45, 7) is 3.36. The van der Waals surface area contributed by atoms with Gasteiger partial charge in [-0.1, -0.05) is 13.8 Å². The van der Waals surface area contributed by atoms with Crippen molar-refractivity contribution in [3.8, 4) is 0 Å². The molecule has 0 aromatic heterocycles. The molecule has 6 nitrogen and oxygen atoms in total. The molecule has 0 radical (unpaired) electrons. The Morgan fingerprint density at radius 1 is 1.33 bits per heavy atom. The smallest absolute Gasteiger partial charge is 0.323 e. The molecular weight excluding hydrogens is 315 g/mol. The van der Waals surface area contributed by atoms with E-state index in [-0.39, 0.29) is 35.5 Å². The van der Waals surface area contributed by atoms with Gasteiger partial charge in [0.2, 0.25) is 5.91 Å². The largest absolute Gasteiger partial charge is 0.480 e. The quantitative estimate of drug-likeness (QED) is 0.801. The second-order valence-corrected chi connectivity index (χ2v) is 6.40. The number of aliphatic carboxylic acids is 1. The summed E-state index contributed by atoms with van der Waals surface area (Å²) in [5.41, 5.74) is 0.0796. The normalized spacial score (nSPS) is 13.7. The fourth-order valence-corrected chi connectivity index (χ4v) is 2.39. The third-order valence-electron chi connectivity index (χ3n) is 3.64. The molecule has 24 heavy (non-hydrogen) atoms. The number of rotatable bonds is 7. The van der Waals surface area contributed by atoms with Gasteiger partial charge in [-0.2, -0.15) is 0 Å². The second-order valence-electron chi connectivity index (χ2n) is 6.40.